The van der Waals surface area contributed by atoms with Crippen LogP contribution in [0.25, 0.3) is 0 Å². The standard InChI is InChI=1S/5C6H6O2Si.Al.Mg/c5*7-6(8)9-4-2-1-3-5-9;;/h5*1-5H,(H,7,8);;/q;;;;;+3;+2/p-5. The molecule has 10 nitrogen and oxygen atoms in total. The fourth-order valence-corrected chi connectivity index (χ4v) is 11.7. The van der Waals surface area contributed by atoms with E-state index in [0.29, 0.717) is 0 Å². The van der Waals surface area contributed by atoms with Gasteiger partial charge in [0.05, 0.1) is 16.8 Å². The van der Waals surface area contributed by atoms with Gasteiger partial charge in [-0.05, 0) is 0 Å². The minimum atomic E-state index is -3.33. The van der Waals surface area contributed by atoms with Crippen LogP contribution in [0.15, 0.2) is 148 Å². The van der Waals surface area contributed by atoms with Gasteiger partial charge < -0.3 is 31.2 Å². The number of hydrogen-bond acceptors (Lipinski definition) is 10. The van der Waals surface area contributed by atoms with Crippen molar-refractivity contribution in [2.75, 3.05) is 0 Å². The van der Waals surface area contributed by atoms with Crippen molar-refractivity contribution in [3.8, 4) is 0 Å². The number of hydrogen-bond donors (Lipinski definition) is 0. The molecule has 0 aliphatic heterocycles. The molecule has 0 amide bonds. The summed E-state index contributed by atoms with van der Waals surface area (Å²) in [6, 6.07) is 26.6. The van der Waals surface area contributed by atoms with E-state index in [0.717, 1.165) is 0 Å². The Kier molecular flexibility index (Phi) is 18.7. The number of carbonyl (C=O) groups excluding carboxylic acids is 5. The summed E-state index contributed by atoms with van der Waals surface area (Å²) in [6.45, 7) is 0. The van der Waals surface area contributed by atoms with Crippen molar-refractivity contribution >= 4 is 108 Å². The predicted octanol–water partition coefficient (Wildman–Crippen LogP) is 2.53. The average Bonchev–Trinajstić information content (AvgIpc) is 3.10. The molecule has 0 bridgehead atoms. The van der Waals surface area contributed by atoms with Gasteiger partial charge in [-0.1, -0.05) is 148 Å². The van der Waals surface area contributed by atoms with E-state index in [4.69, 9.17) is 11.4 Å². The molecule has 230 valence electrons. The Morgan fingerprint density at radius 2 is 0.553 bits per heavy atom. The number of rotatable bonds is 8. The zero-order chi connectivity index (χ0) is 33.1. The molecule has 0 unspecified atom stereocenters. The topological polar surface area (TPSA) is 159 Å². The van der Waals surface area contributed by atoms with Gasteiger partial charge in [-0.3, -0.25) is 14.4 Å². The van der Waals surface area contributed by atoms with Crippen molar-refractivity contribution < 1.29 is 45.6 Å². The molecule has 17 heteroatoms. The van der Waals surface area contributed by atoms with Crippen LogP contribution in [0, 0.1) is 0 Å². The Labute approximate surface area is 299 Å². The van der Waals surface area contributed by atoms with Crippen molar-refractivity contribution in [3.05, 3.63) is 148 Å². The van der Waals surface area contributed by atoms with Crippen molar-refractivity contribution in [1.82, 2.24) is 0 Å². The SMILES string of the molecule is O=C([O-])[si]1ccccc1.O=C([O-])[si]1ccccc1.O=C([O][Al]([O]C(=O)[si]1ccccc1)[O]C(=O)[si]1ccccc1)[si]1ccccc1.[Mg+2]. The molecule has 5 aromatic heterocycles. The van der Waals surface area contributed by atoms with E-state index in [1.165, 1.54) is 0 Å². The van der Waals surface area contributed by atoms with Gasteiger partial charge in [-0.15, -0.1) is 0 Å². The summed E-state index contributed by atoms with van der Waals surface area (Å²) >= 11 is -3.33. The first kappa shape index (κ1) is 39.7. The summed E-state index contributed by atoms with van der Waals surface area (Å²) in [7, 11) is -7.98. The van der Waals surface area contributed by atoms with Crippen LogP contribution in [0.3, 0.4) is 0 Å². The molecule has 0 saturated heterocycles. The van der Waals surface area contributed by atoms with Gasteiger partial charge >= 0.3 is 38.2 Å². The quantitative estimate of drug-likeness (QED) is 0.217. The second-order valence-electron chi connectivity index (χ2n) is 8.91. The molecule has 5 rings (SSSR count). The third kappa shape index (κ3) is 14.8. The largest absolute Gasteiger partial charge is 2.00 e. The minimum absolute atomic E-state index is 0. The first-order valence-electron chi connectivity index (χ1n) is 13.6. The Balaban J connectivity index is 0.000000328. The Morgan fingerprint density at radius 1 is 0.362 bits per heavy atom. The van der Waals surface area contributed by atoms with Crippen LogP contribution in [0.2, 0.25) is 0 Å². The van der Waals surface area contributed by atoms with E-state index in [1.807, 2.05) is 18.2 Å². The van der Waals surface area contributed by atoms with Gasteiger partial charge in [0, 0.05) is 11.2 Å². The maximum Gasteiger partial charge on any atom is 2.00 e. The molecule has 0 aliphatic rings. The molecule has 0 spiro atoms. The smallest absolute Gasteiger partial charge is 0.552 e. The van der Waals surface area contributed by atoms with Crippen molar-refractivity contribution in [3.63, 3.8) is 0 Å². The Bertz CT molecular complexity index is 1550. The van der Waals surface area contributed by atoms with Gasteiger partial charge in [0.1, 0.15) is 0 Å². The minimum Gasteiger partial charge on any atom is -0.552 e. The van der Waals surface area contributed by atoms with Crippen molar-refractivity contribution in [2.45, 2.75) is 0 Å². The fourth-order valence-electron chi connectivity index (χ4n) is 3.41. The molecule has 5 aromatic rings. The summed E-state index contributed by atoms with van der Waals surface area (Å²) in [4.78, 5) is 57.6. The van der Waals surface area contributed by atoms with Crippen LogP contribution in [0.4, 0.5) is 24.0 Å². The average molecular weight is 737 g/mol. The third-order valence-corrected chi connectivity index (χ3v) is 15.8. The summed E-state index contributed by atoms with van der Waals surface area (Å²) in [5, 5.41) is 20.3. The molecule has 0 saturated carbocycles. The molecule has 47 heavy (non-hydrogen) atoms. The van der Waals surface area contributed by atoms with Gasteiger partial charge in [-0.2, -0.15) is 0 Å². The zero-order valence-corrected chi connectivity index (χ0v) is 32.4. The molecular formula is C30H25AlMgO10Si5. The van der Waals surface area contributed by atoms with Gasteiger partial charge in [-0.25, -0.2) is 0 Å². The Hall–Kier alpha value is -3.52. The maximum absolute atomic E-state index is 12.4. The van der Waals surface area contributed by atoms with Gasteiger partial charge in [0.2, 0.25) is 0 Å². The van der Waals surface area contributed by atoms with Crippen LogP contribution in [0.1, 0.15) is 0 Å². The van der Waals surface area contributed by atoms with E-state index in [-0.39, 0.29) is 23.1 Å². The Morgan fingerprint density at radius 3 is 0.723 bits per heavy atom. The second-order valence-corrected chi connectivity index (χ2v) is 20.1. The molecular weight excluding hydrogens is 712 g/mol. The fraction of sp³-hybridized carbons (Fsp3) is 0. The molecule has 0 aromatic carbocycles. The third-order valence-electron chi connectivity index (χ3n) is 5.66. The first-order valence-corrected chi connectivity index (χ1v) is 23.2. The second kappa shape index (κ2) is 22.1. The van der Waals surface area contributed by atoms with Crippen LogP contribution < -0.4 is 10.2 Å². The summed E-state index contributed by atoms with van der Waals surface area (Å²) in [5.74, 6) is 0. The predicted molar refractivity (Wildman–Crippen MR) is 181 cm³/mol. The molecule has 0 atom stereocenters. The van der Waals surface area contributed by atoms with Gasteiger partial charge in [0.25, 0.3) is 16.8 Å². The summed E-state index contributed by atoms with van der Waals surface area (Å²) < 4.78 is 16.1. The van der Waals surface area contributed by atoms with Crippen molar-refractivity contribution in [1.29, 1.82) is 0 Å². The number of carbonyl (C=O) groups is 5. The zero-order valence-electron chi connectivity index (χ0n) is 24.8. The summed E-state index contributed by atoms with van der Waals surface area (Å²) in [6.07, 6.45) is 0. The van der Waals surface area contributed by atoms with Crippen LogP contribution in [-0.4, -0.2) is 108 Å². The monoisotopic (exact) mass is 736 g/mol. The van der Waals surface area contributed by atoms with E-state index >= 15 is 0 Å². The molecule has 0 radical (unpaired) electrons. The first-order chi connectivity index (χ1) is 22.2. The van der Waals surface area contributed by atoms with Gasteiger partial charge in [0.15, 0.2) is 25.2 Å². The number of carboxylic acid groups (broad SMARTS) is 2. The van der Waals surface area contributed by atoms with E-state index in [2.05, 4.69) is 0 Å². The van der Waals surface area contributed by atoms with E-state index in [1.54, 1.807) is 130 Å². The van der Waals surface area contributed by atoms with Crippen LogP contribution >= 0.6 is 0 Å². The maximum atomic E-state index is 12.4. The molecule has 5 heterocycles. The molecule has 0 fully saturated rings. The van der Waals surface area contributed by atoms with E-state index < -0.39 is 85.1 Å². The molecule has 0 N–H and O–H groups in total. The van der Waals surface area contributed by atoms with Crippen LogP contribution in [-0.2, 0) is 11.4 Å². The van der Waals surface area contributed by atoms with Crippen LogP contribution in [0.5, 0.6) is 0 Å². The molecule has 0 aliphatic carbocycles. The van der Waals surface area contributed by atoms with E-state index in [9.17, 15) is 34.2 Å². The summed E-state index contributed by atoms with van der Waals surface area (Å²) in [5.41, 5.74) is 13.8. The van der Waals surface area contributed by atoms with Crippen molar-refractivity contribution in [2.24, 2.45) is 0 Å². The normalized spacial score (nSPS) is 9.28.